The Hall–Kier alpha value is -2.30. The lowest BCUT2D eigenvalue weighted by atomic mass is 10.1. The number of nitrogens with one attached hydrogen (secondary N) is 1. The summed E-state index contributed by atoms with van der Waals surface area (Å²) in [6, 6.07) is 6.08. The fourth-order valence-corrected chi connectivity index (χ4v) is 1.78. The lowest BCUT2D eigenvalue weighted by Crippen LogP contribution is -2.40. The largest absolute Gasteiger partial charge is 0.497 e. The van der Waals surface area contributed by atoms with Crippen molar-refractivity contribution in [3.8, 4) is 5.75 Å². The van der Waals surface area contributed by atoms with Gasteiger partial charge in [-0.15, -0.1) is 0 Å². The van der Waals surface area contributed by atoms with Crippen molar-refractivity contribution < 1.29 is 13.9 Å². The van der Waals surface area contributed by atoms with Crippen LogP contribution < -0.4 is 15.5 Å². The summed E-state index contributed by atoms with van der Waals surface area (Å²) >= 11 is 0. The quantitative estimate of drug-likeness (QED) is 0.913. The normalized spacial score (nSPS) is 11.4. The molecule has 20 heavy (non-hydrogen) atoms. The van der Waals surface area contributed by atoms with Gasteiger partial charge in [-0.05, 0) is 32.9 Å². The molecule has 1 aromatic carbocycles. The fraction of sp³-hybridized carbons (Fsp3) is 0.333. The predicted molar refractivity (Wildman–Crippen MR) is 76.3 cm³/mol. The van der Waals surface area contributed by atoms with Gasteiger partial charge < -0.3 is 14.5 Å². The number of ether oxygens (including phenoxy) is 1. The van der Waals surface area contributed by atoms with Crippen LogP contribution in [0.4, 0.5) is 0 Å². The molecule has 2 aromatic rings. The molecule has 1 heterocycles. The molecule has 2 rings (SSSR count). The van der Waals surface area contributed by atoms with Crippen LogP contribution in [0.15, 0.2) is 33.5 Å². The second-order valence-corrected chi connectivity index (χ2v) is 5.54. The minimum absolute atomic E-state index is 0.00863. The molecule has 0 atom stereocenters. The Labute approximate surface area is 116 Å². The molecule has 1 N–H and O–H groups in total. The number of methoxy groups -OCH3 is 1. The molecular formula is C15H17NO4. The van der Waals surface area contributed by atoms with Crippen molar-refractivity contribution in [2.75, 3.05) is 7.11 Å². The van der Waals surface area contributed by atoms with E-state index >= 15 is 0 Å². The van der Waals surface area contributed by atoms with Crippen molar-refractivity contribution in [2.45, 2.75) is 26.3 Å². The van der Waals surface area contributed by atoms with E-state index in [9.17, 15) is 9.59 Å². The molecule has 0 aliphatic carbocycles. The summed E-state index contributed by atoms with van der Waals surface area (Å²) in [6.07, 6.45) is 0. The first-order valence-corrected chi connectivity index (χ1v) is 6.24. The number of hydrogen-bond acceptors (Lipinski definition) is 4. The van der Waals surface area contributed by atoms with Gasteiger partial charge in [-0.1, -0.05) is 0 Å². The maximum atomic E-state index is 12.0. The number of carbonyl (C=O) groups excluding carboxylic acids is 1. The van der Waals surface area contributed by atoms with Crippen molar-refractivity contribution in [1.82, 2.24) is 5.32 Å². The number of benzene rings is 1. The van der Waals surface area contributed by atoms with Crippen molar-refractivity contribution in [2.24, 2.45) is 0 Å². The topological polar surface area (TPSA) is 68.5 Å². The molecule has 106 valence electrons. The van der Waals surface area contributed by atoms with Crippen LogP contribution in [-0.2, 0) is 0 Å². The van der Waals surface area contributed by atoms with Crippen LogP contribution in [0.1, 0.15) is 31.3 Å². The lowest BCUT2D eigenvalue weighted by molar-refractivity contribution is 0.0891. The van der Waals surface area contributed by atoms with E-state index in [2.05, 4.69) is 5.32 Å². The van der Waals surface area contributed by atoms with Crippen LogP contribution >= 0.6 is 0 Å². The van der Waals surface area contributed by atoms with E-state index in [0.717, 1.165) is 0 Å². The first-order chi connectivity index (χ1) is 9.30. The zero-order chi connectivity index (χ0) is 14.9. The van der Waals surface area contributed by atoms with E-state index in [-0.39, 0.29) is 11.2 Å². The maximum absolute atomic E-state index is 12.0. The molecule has 0 saturated carbocycles. The predicted octanol–water partition coefficient (Wildman–Crippen LogP) is 2.33. The summed E-state index contributed by atoms with van der Waals surface area (Å²) in [7, 11) is 1.52. The highest BCUT2D eigenvalue weighted by atomic mass is 16.5. The molecular weight excluding hydrogens is 258 g/mol. The monoisotopic (exact) mass is 275 g/mol. The van der Waals surface area contributed by atoms with E-state index < -0.39 is 11.4 Å². The molecule has 0 unspecified atom stereocenters. The number of hydrogen-bond donors (Lipinski definition) is 1. The second-order valence-electron chi connectivity index (χ2n) is 5.54. The van der Waals surface area contributed by atoms with Gasteiger partial charge in [-0.3, -0.25) is 9.59 Å². The maximum Gasteiger partial charge on any atom is 0.287 e. The Morgan fingerprint density at radius 3 is 2.55 bits per heavy atom. The average molecular weight is 275 g/mol. The summed E-state index contributed by atoms with van der Waals surface area (Å²) in [4.78, 5) is 24.0. The molecule has 0 radical (unpaired) electrons. The summed E-state index contributed by atoms with van der Waals surface area (Å²) in [5, 5.41) is 3.17. The van der Waals surface area contributed by atoms with Crippen LogP contribution in [0.2, 0.25) is 0 Å². The summed E-state index contributed by atoms with van der Waals surface area (Å²) in [5.74, 6) is 0.138. The fourth-order valence-electron chi connectivity index (χ4n) is 1.78. The smallest absolute Gasteiger partial charge is 0.287 e. The van der Waals surface area contributed by atoms with Gasteiger partial charge in [0.1, 0.15) is 11.3 Å². The SMILES string of the molecule is COc1ccc2c(=O)cc(C(=O)NC(C)(C)C)oc2c1. The number of fused-ring (bicyclic) bond motifs is 1. The minimum atomic E-state index is -0.417. The Bertz CT molecular complexity index is 710. The third kappa shape index (κ3) is 2.99. The second kappa shape index (κ2) is 5.00. The van der Waals surface area contributed by atoms with Crippen LogP contribution in [-0.4, -0.2) is 18.6 Å². The Morgan fingerprint density at radius 1 is 1.25 bits per heavy atom. The van der Waals surface area contributed by atoms with Crippen molar-refractivity contribution in [3.05, 3.63) is 40.2 Å². The van der Waals surface area contributed by atoms with Gasteiger partial charge in [-0.2, -0.15) is 0 Å². The van der Waals surface area contributed by atoms with E-state index in [1.165, 1.54) is 13.2 Å². The van der Waals surface area contributed by atoms with E-state index in [1.54, 1.807) is 18.2 Å². The van der Waals surface area contributed by atoms with Gasteiger partial charge >= 0.3 is 0 Å². The molecule has 0 aliphatic rings. The molecule has 0 aliphatic heterocycles. The van der Waals surface area contributed by atoms with Gasteiger partial charge in [0.15, 0.2) is 11.2 Å². The molecule has 1 amide bonds. The molecule has 0 fully saturated rings. The highest BCUT2D eigenvalue weighted by molar-refractivity contribution is 5.93. The molecule has 5 heteroatoms. The first kappa shape index (κ1) is 14.1. The molecule has 0 bridgehead atoms. The third-order valence-corrected chi connectivity index (χ3v) is 2.65. The molecule has 0 saturated heterocycles. The third-order valence-electron chi connectivity index (χ3n) is 2.65. The van der Waals surface area contributed by atoms with E-state index in [1.807, 2.05) is 20.8 Å². The first-order valence-electron chi connectivity index (χ1n) is 6.24. The summed E-state index contributed by atoms with van der Waals surface area (Å²) < 4.78 is 10.6. The van der Waals surface area contributed by atoms with Gasteiger partial charge in [-0.25, -0.2) is 0 Å². The van der Waals surface area contributed by atoms with E-state index in [4.69, 9.17) is 9.15 Å². The zero-order valence-corrected chi connectivity index (χ0v) is 11.9. The average Bonchev–Trinajstić information content (AvgIpc) is 2.35. The van der Waals surface area contributed by atoms with Gasteiger partial charge in [0.25, 0.3) is 5.91 Å². The van der Waals surface area contributed by atoms with Crippen LogP contribution in [0.25, 0.3) is 11.0 Å². The molecule has 1 aromatic heterocycles. The number of rotatable bonds is 2. The highest BCUT2D eigenvalue weighted by Gasteiger charge is 2.18. The van der Waals surface area contributed by atoms with Gasteiger partial charge in [0.05, 0.1) is 12.5 Å². The molecule has 5 nitrogen and oxygen atoms in total. The van der Waals surface area contributed by atoms with Crippen LogP contribution in [0.3, 0.4) is 0 Å². The van der Waals surface area contributed by atoms with Gasteiger partial charge in [0, 0.05) is 17.7 Å². The highest BCUT2D eigenvalue weighted by Crippen LogP contribution is 2.19. The Morgan fingerprint density at radius 2 is 1.95 bits per heavy atom. The van der Waals surface area contributed by atoms with Crippen molar-refractivity contribution in [3.63, 3.8) is 0 Å². The number of amides is 1. The minimum Gasteiger partial charge on any atom is -0.497 e. The van der Waals surface area contributed by atoms with Crippen LogP contribution in [0.5, 0.6) is 5.75 Å². The zero-order valence-electron chi connectivity index (χ0n) is 11.9. The van der Waals surface area contributed by atoms with Crippen molar-refractivity contribution >= 4 is 16.9 Å². The lowest BCUT2D eigenvalue weighted by Gasteiger charge is -2.19. The van der Waals surface area contributed by atoms with E-state index in [0.29, 0.717) is 16.7 Å². The standard InChI is InChI=1S/C15H17NO4/c1-15(2,3)16-14(18)13-8-11(17)10-6-5-9(19-4)7-12(10)20-13/h5-8H,1-4H3,(H,16,18). The number of carbonyl (C=O) groups is 1. The van der Waals surface area contributed by atoms with Gasteiger partial charge in [0.2, 0.25) is 0 Å². The summed E-state index contributed by atoms with van der Waals surface area (Å²) in [6.45, 7) is 5.56. The Balaban J connectivity index is 2.51. The molecule has 0 spiro atoms. The Kier molecular flexibility index (Phi) is 3.53. The summed E-state index contributed by atoms with van der Waals surface area (Å²) in [5.41, 5.74) is -0.331. The van der Waals surface area contributed by atoms with Crippen LogP contribution in [0, 0.1) is 0 Å². The van der Waals surface area contributed by atoms with Crippen molar-refractivity contribution in [1.29, 1.82) is 0 Å².